The summed E-state index contributed by atoms with van der Waals surface area (Å²) in [5.74, 6) is 0. The van der Waals surface area contributed by atoms with Gasteiger partial charge in [0, 0.05) is 53.3 Å². The van der Waals surface area contributed by atoms with Crippen LogP contribution in [0.3, 0.4) is 0 Å². The molecule has 9 aromatic carbocycles. The molecular formula is C54H34N2OS. The summed E-state index contributed by atoms with van der Waals surface area (Å²) in [5, 5.41) is 7.32. The molecule has 0 N–H and O–H groups in total. The number of thiophene rings is 1. The van der Waals surface area contributed by atoms with Gasteiger partial charge in [-0.25, -0.2) is 0 Å². The maximum absolute atomic E-state index is 6.40. The van der Waals surface area contributed by atoms with E-state index in [2.05, 4.69) is 210 Å². The predicted molar refractivity (Wildman–Crippen MR) is 247 cm³/mol. The van der Waals surface area contributed by atoms with Gasteiger partial charge in [0.2, 0.25) is 0 Å². The van der Waals surface area contributed by atoms with E-state index < -0.39 is 0 Å². The zero-order valence-corrected chi connectivity index (χ0v) is 32.2. The van der Waals surface area contributed by atoms with Crippen molar-refractivity contribution in [2.24, 2.45) is 0 Å². The summed E-state index contributed by atoms with van der Waals surface area (Å²) < 4.78 is 11.4. The third-order valence-electron chi connectivity index (χ3n) is 11.6. The summed E-state index contributed by atoms with van der Waals surface area (Å²) in [5.41, 5.74) is 13.3. The van der Waals surface area contributed by atoms with E-state index in [-0.39, 0.29) is 0 Å². The minimum Gasteiger partial charge on any atom is -0.456 e. The Morgan fingerprint density at radius 2 is 1.02 bits per heavy atom. The molecular weight excluding hydrogens is 725 g/mol. The second-order valence-electron chi connectivity index (χ2n) is 14.9. The number of nitrogens with zero attached hydrogens (tertiary/aromatic N) is 2. The molecule has 0 bridgehead atoms. The second-order valence-corrected chi connectivity index (χ2v) is 16.0. The Kier molecular flexibility index (Phi) is 7.40. The molecule has 0 radical (unpaired) electrons. The summed E-state index contributed by atoms with van der Waals surface area (Å²) in [6.45, 7) is 0. The average Bonchev–Trinajstić information content (AvgIpc) is 3.96. The van der Waals surface area contributed by atoms with Crippen molar-refractivity contribution in [2.75, 3.05) is 4.90 Å². The first-order valence-electron chi connectivity index (χ1n) is 19.7. The van der Waals surface area contributed by atoms with Crippen LogP contribution < -0.4 is 4.90 Å². The zero-order chi connectivity index (χ0) is 38.2. The topological polar surface area (TPSA) is 21.3 Å². The molecule has 3 aromatic heterocycles. The number of benzene rings is 9. The first-order valence-corrected chi connectivity index (χ1v) is 20.5. The summed E-state index contributed by atoms with van der Waals surface area (Å²) in [7, 11) is 0. The fourth-order valence-electron chi connectivity index (χ4n) is 8.99. The Balaban J connectivity index is 0.981. The number of rotatable bonds is 6. The molecule has 0 saturated carbocycles. The van der Waals surface area contributed by atoms with Crippen molar-refractivity contribution in [3.05, 3.63) is 206 Å². The Morgan fingerprint density at radius 1 is 0.397 bits per heavy atom. The zero-order valence-electron chi connectivity index (χ0n) is 31.3. The third kappa shape index (κ3) is 5.12. The van der Waals surface area contributed by atoms with Crippen LogP contribution in [0.5, 0.6) is 0 Å². The van der Waals surface area contributed by atoms with Crippen molar-refractivity contribution < 1.29 is 4.42 Å². The maximum atomic E-state index is 6.40. The van der Waals surface area contributed by atoms with Gasteiger partial charge in [0.1, 0.15) is 11.2 Å². The van der Waals surface area contributed by atoms with Gasteiger partial charge in [-0.15, -0.1) is 11.3 Å². The molecule has 58 heavy (non-hydrogen) atoms. The van der Waals surface area contributed by atoms with Gasteiger partial charge in [-0.3, -0.25) is 0 Å². The van der Waals surface area contributed by atoms with Crippen molar-refractivity contribution in [1.29, 1.82) is 0 Å². The number of anilines is 3. The molecule has 0 aliphatic rings. The van der Waals surface area contributed by atoms with Gasteiger partial charge >= 0.3 is 0 Å². The standard InChI is InChI=1S/C54H34N2OS/c1-6-20-46(56-47-21-7-2-16-41(47)42-17-3-8-22-48(42)56)40(15-1)37-14-11-13-36(33-37)35-27-29-38(30-28-35)55(39-31-32-44-43-18-5-10-26-52(43)58-53(44)34-39)49-23-12-25-51-54(49)45-19-4-9-24-50(45)57-51/h1-34H. The molecule has 0 saturated heterocycles. The predicted octanol–water partition coefficient (Wildman–Crippen LogP) is 15.9. The number of hydrogen-bond donors (Lipinski definition) is 0. The molecule has 3 nitrogen and oxygen atoms in total. The van der Waals surface area contributed by atoms with Crippen LogP contribution in [-0.2, 0) is 0 Å². The van der Waals surface area contributed by atoms with E-state index in [1.807, 2.05) is 17.4 Å². The number of aromatic nitrogens is 1. The van der Waals surface area contributed by atoms with Crippen LogP contribution >= 0.6 is 11.3 Å². The Hall–Kier alpha value is -7.40. The van der Waals surface area contributed by atoms with Gasteiger partial charge < -0.3 is 13.9 Å². The van der Waals surface area contributed by atoms with Gasteiger partial charge in [0.05, 0.1) is 27.8 Å². The SMILES string of the molecule is c1cc(-c2ccc(N(c3ccc4c(c3)sc3ccccc34)c3cccc4oc5ccccc5c34)cc2)cc(-c2ccccc2-n2c3ccccc3c3ccccc32)c1. The smallest absolute Gasteiger partial charge is 0.137 e. The number of fused-ring (bicyclic) bond motifs is 9. The average molecular weight is 759 g/mol. The quantitative estimate of drug-likeness (QED) is 0.168. The Bertz CT molecular complexity index is 3480. The lowest BCUT2D eigenvalue weighted by Crippen LogP contribution is -2.10. The highest BCUT2D eigenvalue weighted by molar-refractivity contribution is 7.25. The normalized spacial score (nSPS) is 11.8. The summed E-state index contributed by atoms with van der Waals surface area (Å²) in [6.07, 6.45) is 0. The van der Waals surface area contributed by atoms with Gasteiger partial charge in [0.15, 0.2) is 0 Å². The summed E-state index contributed by atoms with van der Waals surface area (Å²) >= 11 is 1.84. The van der Waals surface area contributed by atoms with Crippen LogP contribution in [0.2, 0.25) is 0 Å². The van der Waals surface area contributed by atoms with Crippen LogP contribution in [-0.4, -0.2) is 4.57 Å². The van der Waals surface area contributed by atoms with Crippen LogP contribution in [0, 0.1) is 0 Å². The lowest BCUT2D eigenvalue weighted by Gasteiger charge is -2.26. The minimum atomic E-state index is 0.876. The molecule has 0 aliphatic heterocycles. The van der Waals surface area contributed by atoms with E-state index in [1.165, 1.54) is 64.4 Å². The van der Waals surface area contributed by atoms with Crippen molar-refractivity contribution in [3.63, 3.8) is 0 Å². The molecule has 0 aliphatic carbocycles. The van der Waals surface area contributed by atoms with Crippen molar-refractivity contribution in [2.45, 2.75) is 0 Å². The van der Waals surface area contributed by atoms with Crippen molar-refractivity contribution in [1.82, 2.24) is 4.57 Å². The lowest BCUT2D eigenvalue weighted by molar-refractivity contribution is 0.669. The lowest BCUT2D eigenvalue weighted by atomic mass is 9.97. The largest absolute Gasteiger partial charge is 0.456 e. The highest BCUT2D eigenvalue weighted by Crippen LogP contribution is 2.45. The van der Waals surface area contributed by atoms with E-state index in [0.29, 0.717) is 0 Å². The Labute approximate surface area is 338 Å². The number of furan rings is 1. The summed E-state index contributed by atoms with van der Waals surface area (Å²) in [6, 6.07) is 74.4. The van der Waals surface area contributed by atoms with E-state index in [9.17, 15) is 0 Å². The molecule has 272 valence electrons. The monoisotopic (exact) mass is 758 g/mol. The van der Waals surface area contributed by atoms with Gasteiger partial charge in [0.25, 0.3) is 0 Å². The molecule has 0 fully saturated rings. The van der Waals surface area contributed by atoms with Crippen LogP contribution in [0.1, 0.15) is 0 Å². The van der Waals surface area contributed by atoms with E-state index in [0.717, 1.165) is 44.6 Å². The van der Waals surface area contributed by atoms with Crippen LogP contribution in [0.4, 0.5) is 17.1 Å². The third-order valence-corrected chi connectivity index (χ3v) is 12.7. The van der Waals surface area contributed by atoms with Gasteiger partial charge in [-0.2, -0.15) is 0 Å². The molecule has 4 heteroatoms. The van der Waals surface area contributed by atoms with E-state index in [1.54, 1.807) is 0 Å². The first kappa shape index (κ1) is 32.8. The molecule has 3 heterocycles. The molecule has 0 spiro atoms. The molecule has 12 aromatic rings. The fourth-order valence-corrected chi connectivity index (χ4v) is 10.1. The second kappa shape index (κ2) is 13.1. The molecule has 0 atom stereocenters. The maximum Gasteiger partial charge on any atom is 0.137 e. The van der Waals surface area contributed by atoms with Crippen LogP contribution in [0.25, 0.3) is 91.9 Å². The van der Waals surface area contributed by atoms with E-state index >= 15 is 0 Å². The number of para-hydroxylation sites is 4. The molecule has 0 unspecified atom stereocenters. The minimum absolute atomic E-state index is 0.876. The number of hydrogen-bond acceptors (Lipinski definition) is 3. The highest BCUT2D eigenvalue weighted by atomic mass is 32.1. The Morgan fingerprint density at radius 3 is 1.84 bits per heavy atom. The van der Waals surface area contributed by atoms with Crippen LogP contribution in [0.15, 0.2) is 211 Å². The van der Waals surface area contributed by atoms with Gasteiger partial charge in [-0.1, -0.05) is 133 Å². The first-order chi connectivity index (χ1) is 28.8. The van der Waals surface area contributed by atoms with Crippen molar-refractivity contribution >= 4 is 92.3 Å². The molecule has 12 rings (SSSR count). The summed E-state index contributed by atoms with van der Waals surface area (Å²) in [4.78, 5) is 2.39. The highest BCUT2D eigenvalue weighted by Gasteiger charge is 2.21. The van der Waals surface area contributed by atoms with Gasteiger partial charge in [-0.05, 0) is 89.5 Å². The van der Waals surface area contributed by atoms with Crippen molar-refractivity contribution in [3.8, 4) is 27.9 Å². The fraction of sp³-hybridized carbons (Fsp3) is 0. The van der Waals surface area contributed by atoms with E-state index in [4.69, 9.17) is 4.42 Å². The molecule has 0 amide bonds.